The van der Waals surface area contributed by atoms with Crippen LogP contribution in [0.4, 0.5) is 33.8 Å². The van der Waals surface area contributed by atoms with Crippen molar-refractivity contribution in [3.05, 3.63) is 240 Å². The van der Waals surface area contributed by atoms with Gasteiger partial charge in [-0.15, -0.1) is 0 Å². The minimum atomic E-state index is -2.08. The summed E-state index contributed by atoms with van der Waals surface area (Å²) in [5.41, 5.74) is 12.4. The van der Waals surface area contributed by atoms with Crippen LogP contribution < -0.4 is 206 Å². The number of ether oxygens (including phenoxy) is 2. The van der Waals surface area contributed by atoms with Crippen molar-refractivity contribution < 1.29 is 202 Å². The van der Waals surface area contributed by atoms with E-state index in [0.29, 0.717) is 34.8 Å². The number of hydrogen-bond donors (Lipinski definition) is 7. The zero-order valence-corrected chi connectivity index (χ0v) is 72.4. The second kappa shape index (κ2) is 42.7. The number of nitrogens with one attached hydrogen (secondary N) is 3. The fourth-order valence-electron chi connectivity index (χ4n) is 9.37. The van der Waals surface area contributed by atoms with Gasteiger partial charge in [-0.3, -0.25) is 19.6 Å². The van der Waals surface area contributed by atoms with Crippen LogP contribution in [0.2, 0.25) is 5.28 Å². The number of hydrogen-bond acceptors (Lipinski definition) is 16. The van der Waals surface area contributed by atoms with E-state index in [1.54, 1.807) is 38.0 Å². The van der Waals surface area contributed by atoms with E-state index >= 15 is 0 Å². The van der Waals surface area contributed by atoms with E-state index in [9.17, 15) is 0 Å². The van der Waals surface area contributed by atoms with Crippen molar-refractivity contribution in [2.45, 2.75) is 91.6 Å². The van der Waals surface area contributed by atoms with Gasteiger partial charge in [0.1, 0.15) is 28.9 Å². The van der Waals surface area contributed by atoms with E-state index in [1.807, 2.05) is 39.2 Å². The average Bonchev–Trinajstić information content (AvgIpc) is 1.40. The molecule has 0 atom stereocenters. The second-order valence-corrected chi connectivity index (χ2v) is 26.8. The molecule has 0 spiro atoms. The maximum atomic E-state index is 9.00. The van der Waals surface area contributed by atoms with Crippen LogP contribution in [0.5, 0.6) is 17.2 Å². The summed E-state index contributed by atoms with van der Waals surface area (Å²) in [5, 5.41) is 48.1. The molecule has 10 aromatic rings. The molecule has 496 valence electrons. The van der Waals surface area contributed by atoms with Crippen molar-refractivity contribution in [2.24, 2.45) is 0 Å². The summed E-state index contributed by atoms with van der Waals surface area (Å²) < 4.78 is 12.1. The molecule has 0 bridgehead atoms. The number of nitrogens with two attached hydrogens (primary N) is 1. The number of nitrogen functional groups attached to an aromatic ring is 1. The van der Waals surface area contributed by atoms with Gasteiger partial charge in [-0.2, -0.15) is 4.98 Å². The number of carboxylic acids is 2. The monoisotopic (exact) mass is 1690 g/mol. The minimum absolute atomic E-state index is 0. The third kappa shape index (κ3) is 27.6. The second-order valence-electron chi connectivity index (χ2n) is 22.1. The number of methoxy groups -OCH3 is 1. The molecule has 8 N–H and O–H groups in total. The number of benzene rings is 6. The molecular formula is C72H76ClCs2N10O9P2Pd+. The molecule has 3 aliphatic rings. The first-order chi connectivity index (χ1) is 45.1. The summed E-state index contributed by atoms with van der Waals surface area (Å²) in [7, 11) is -0.0676. The zero-order valence-electron chi connectivity index (χ0n) is 55.8. The Kier molecular flexibility index (Phi) is 37.1. The van der Waals surface area contributed by atoms with Gasteiger partial charge >= 0.3 is 138 Å². The molecule has 0 radical (unpaired) electrons. The number of aliphatic carboxylic acids is 2. The first-order valence-corrected chi connectivity index (χ1v) is 33.0. The Morgan fingerprint density at radius 2 is 0.979 bits per heavy atom. The first-order valence-electron chi connectivity index (χ1n) is 29.9. The van der Waals surface area contributed by atoms with Gasteiger partial charge in [-0.1, -0.05) is 172 Å². The number of rotatable bonds is 13. The van der Waals surface area contributed by atoms with Gasteiger partial charge in [0, 0.05) is 109 Å². The fraction of sp³-hybridized carbons (Fsp3) is 0.208. The molecule has 2 saturated carbocycles. The summed E-state index contributed by atoms with van der Waals surface area (Å²) in [4.78, 5) is 51.2. The molecule has 2 fully saturated rings. The standard InChI is InChI=1S/C39H32OP2.C14H17N5.C8H10ClN3.C6H8N2O.2C2H4O2.CH2O3.2Cs.Pd/c1-39(2)33-25-15-27-35(41(29-17-7-3-8-18-29)30-19-9-4-10-20-30)37(33)40-38-34(39)26-16-28-36(38)42(31-21-11-5-12-22-31)32-23-13-6-14-24-32;1-9-5-12(8-15-6-9)18-14-16-7-10(2)13(19-14)17-11-3-4-11;1-5-4-10-8(9)12-7(5)11-6-2-3-6;1-9-6-2-5(7)3-8-4-6;2*1-2(3)4;2-1(3)4;;;/h3-28H,1-2H3;5-8,11H,3-4H2,1-2H3,(H2,16,17,18,19);4,6H,2-3H2,1H3,(H,10,11,12);2-4H,7H2,1H3;2*1H3,(H,3,4);(H2,2,3,4);;;/q;;;;;;;2*+1;/p-1. The van der Waals surface area contributed by atoms with Gasteiger partial charge < -0.3 is 56.4 Å². The Balaban J connectivity index is 0.000000299. The van der Waals surface area contributed by atoms with Crippen molar-refractivity contribution >= 4 is 106 Å². The topological polar surface area (TPSA) is 293 Å². The van der Waals surface area contributed by atoms with Gasteiger partial charge in [0.2, 0.25) is 17.4 Å². The summed E-state index contributed by atoms with van der Waals surface area (Å²) in [5.74, 6) is 3.43. The average molecular weight is 1700 g/mol. The summed E-state index contributed by atoms with van der Waals surface area (Å²) in [6.07, 6.45) is 13.2. The van der Waals surface area contributed by atoms with Crippen LogP contribution in [0.3, 0.4) is 0 Å². The van der Waals surface area contributed by atoms with Gasteiger partial charge in [0.25, 0.3) is 11.9 Å². The Morgan fingerprint density at radius 1 is 0.588 bits per heavy atom. The predicted octanol–water partition coefficient (Wildman–Crippen LogP) is 6.20. The summed E-state index contributed by atoms with van der Waals surface area (Å²) >= 11 is 5.66. The number of pyridine rings is 2. The van der Waals surface area contributed by atoms with Crippen molar-refractivity contribution in [2.75, 3.05) is 28.8 Å². The van der Waals surface area contributed by atoms with E-state index in [-0.39, 0.29) is 164 Å². The number of carbonyl (C=O) groups is 3. The molecule has 1 aliphatic heterocycles. The van der Waals surface area contributed by atoms with E-state index in [4.69, 9.17) is 61.6 Å². The number of para-hydroxylation sites is 2. The molecule has 4 aromatic heterocycles. The minimum Gasteiger partial charge on any atom is -0.565 e. The van der Waals surface area contributed by atoms with E-state index in [1.165, 1.54) is 68.6 Å². The molecule has 5 heterocycles. The quantitative estimate of drug-likeness (QED) is 0.0384. The van der Waals surface area contributed by atoms with Crippen LogP contribution in [-0.4, -0.2) is 82.5 Å². The zero-order chi connectivity index (χ0) is 67.7. The van der Waals surface area contributed by atoms with Crippen LogP contribution in [0.15, 0.2) is 207 Å². The summed E-state index contributed by atoms with van der Waals surface area (Å²) in [6.45, 7) is 12.9. The smallest absolute Gasteiger partial charge is 0.565 e. The number of fused-ring (bicyclic) bond motifs is 2. The Hall–Kier alpha value is -5.29. The first kappa shape index (κ1) is 84.1. The normalized spacial score (nSPS) is 12.2. The van der Waals surface area contributed by atoms with Crippen LogP contribution >= 0.6 is 27.4 Å². The van der Waals surface area contributed by atoms with Gasteiger partial charge in [-0.25, -0.2) is 15.0 Å². The van der Waals surface area contributed by atoms with Gasteiger partial charge in [-0.05, 0) is 107 Å². The van der Waals surface area contributed by atoms with Crippen molar-refractivity contribution in [3.63, 3.8) is 0 Å². The van der Waals surface area contributed by atoms with E-state index in [2.05, 4.69) is 217 Å². The number of aromatic nitrogens is 6. The van der Waals surface area contributed by atoms with Crippen LogP contribution in [-0.2, 0) is 35.4 Å². The van der Waals surface area contributed by atoms with Crippen molar-refractivity contribution in [1.82, 2.24) is 29.9 Å². The Bertz CT molecular complexity index is 3850. The number of aryl methyl sites for hydroxylation is 3. The SMILES string of the molecule is CC(=O)O.CC(=O)O.CC1(C)c2cccc(P(c3ccccc3)c3ccccc3)c2Oc2c(P(c3ccccc3)c3ccccc3)cccc21.COc1cncc(N)c1.Cc1cnc(Cl)nc1NC1CC1.Cc1cncc(Nc2ncc(C)c(NC3CC3)n2)c1.O=C([O-])O.[Cs+].[Cs+].[Pd]. The maximum Gasteiger partial charge on any atom is 1.00 e. The molecular weight excluding hydrogens is 1620 g/mol. The number of nitrogens with zero attached hydrogens (tertiary/aromatic N) is 6. The van der Waals surface area contributed by atoms with Crippen molar-refractivity contribution in [1.29, 1.82) is 0 Å². The molecule has 2 aliphatic carbocycles. The number of anilines is 5. The van der Waals surface area contributed by atoms with Crippen LogP contribution in [0.1, 0.15) is 81.2 Å². The van der Waals surface area contributed by atoms with E-state index < -0.39 is 33.9 Å². The molecule has 13 rings (SSSR count). The number of halogens is 1. The Morgan fingerprint density at radius 3 is 1.35 bits per heavy atom. The molecule has 25 heteroatoms. The van der Waals surface area contributed by atoms with Gasteiger partial charge in [0.15, 0.2) is 0 Å². The number of carboxylic acid groups (broad SMARTS) is 4. The summed E-state index contributed by atoms with van der Waals surface area (Å²) in [6, 6.07) is 62.1. The molecule has 6 aromatic carbocycles. The third-order valence-corrected chi connectivity index (χ3v) is 19.0. The Labute approximate surface area is 705 Å². The largest absolute Gasteiger partial charge is 1.00 e. The molecule has 0 amide bonds. The molecule has 0 saturated heterocycles. The molecule has 0 unspecified atom stereocenters. The van der Waals surface area contributed by atoms with Crippen LogP contribution in [0.25, 0.3) is 0 Å². The molecule has 19 nitrogen and oxygen atoms in total. The van der Waals surface area contributed by atoms with Gasteiger partial charge in [0.05, 0.1) is 37.1 Å². The molecule has 97 heavy (non-hydrogen) atoms. The fourth-order valence-corrected chi connectivity index (χ4v) is 14.3. The third-order valence-electron chi connectivity index (χ3n) is 13.9. The van der Waals surface area contributed by atoms with Crippen molar-refractivity contribution in [3.8, 4) is 17.2 Å². The maximum absolute atomic E-state index is 9.00. The van der Waals surface area contributed by atoms with E-state index in [0.717, 1.165) is 59.4 Å². The van der Waals surface area contributed by atoms with Crippen LogP contribution in [0, 0.1) is 20.8 Å². The predicted molar refractivity (Wildman–Crippen MR) is 376 cm³/mol.